The Hall–Kier alpha value is -2.49. The van der Waals surface area contributed by atoms with Crippen LogP contribution in [-0.2, 0) is 24.0 Å². The molecule has 0 aromatic carbocycles. The molecule has 0 spiro atoms. The molecule has 9 nitrogen and oxygen atoms in total. The van der Waals surface area contributed by atoms with E-state index in [1.54, 1.807) is 0 Å². The smallest absolute Gasteiger partial charge is 0.360 e. The molecule has 0 bridgehead atoms. The molecule has 2 N–H and O–H groups in total. The van der Waals surface area contributed by atoms with Gasteiger partial charge in [0, 0.05) is 5.38 Å². The van der Waals surface area contributed by atoms with Gasteiger partial charge in [0.05, 0.1) is 7.11 Å². The Morgan fingerprint density at radius 1 is 1.63 bits per heavy atom. The van der Waals surface area contributed by atoms with Crippen LogP contribution < -0.4 is 5.32 Å². The number of carbonyl (C=O) groups is 3. The molecular formula is C9H9N3O6S. The lowest BCUT2D eigenvalue weighted by Crippen LogP contribution is -2.17. The maximum absolute atomic E-state index is 11.0. The standard InChI is InChI=1S/C9H9N3O6S/c1-17-6(14)2-18-12-7(8(15)16)5-3-19-9(11-5)10-4-13/h3-4H,2H2,1H3,(H,15,16)(H,10,11,13)/b12-7-. The highest BCUT2D eigenvalue weighted by molar-refractivity contribution is 7.14. The van der Waals surface area contributed by atoms with Crippen molar-refractivity contribution in [2.75, 3.05) is 19.0 Å². The first-order valence-corrected chi connectivity index (χ1v) is 5.62. The normalized spacial score (nSPS) is 10.7. The third-order valence-corrected chi connectivity index (χ3v) is 2.47. The Morgan fingerprint density at radius 2 is 2.37 bits per heavy atom. The summed E-state index contributed by atoms with van der Waals surface area (Å²) < 4.78 is 4.29. The summed E-state index contributed by atoms with van der Waals surface area (Å²) in [5.74, 6) is -2.08. The van der Waals surface area contributed by atoms with Crippen LogP contribution in [0.15, 0.2) is 10.5 Å². The number of esters is 1. The number of carbonyl (C=O) groups excluding carboxylic acids is 2. The van der Waals surface area contributed by atoms with Crippen molar-refractivity contribution in [2.45, 2.75) is 0 Å². The van der Waals surface area contributed by atoms with E-state index in [2.05, 4.69) is 25.0 Å². The van der Waals surface area contributed by atoms with Crippen molar-refractivity contribution >= 4 is 40.5 Å². The molecule has 19 heavy (non-hydrogen) atoms. The van der Waals surface area contributed by atoms with Gasteiger partial charge in [0.25, 0.3) is 0 Å². The molecule has 1 rings (SSSR count). The molecule has 0 fully saturated rings. The van der Waals surface area contributed by atoms with Crippen LogP contribution in [0, 0.1) is 0 Å². The number of hydrogen-bond donors (Lipinski definition) is 2. The minimum absolute atomic E-state index is 0.00622. The molecule has 0 saturated carbocycles. The van der Waals surface area contributed by atoms with Gasteiger partial charge in [-0.15, -0.1) is 11.3 Å². The third kappa shape index (κ3) is 4.35. The molecule has 0 atom stereocenters. The molecule has 1 amide bonds. The average molecular weight is 287 g/mol. The fourth-order valence-electron chi connectivity index (χ4n) is 0.903. The molecule has 0 radical (unpaired) electrons. The number of aromatic nitrogens is 1. The summed E-state index contributed by atoms with van der Waals surface area (Å²) in [6, 6.07) is 0. The number of carboxylic acids is 1. The van der Waals surface area contributed by atoms with Gasteiger partial charge in [0.15, 0.2) is 5.13 Å². The van der Waals surface area contributed by atoms with Crippen molar-refractivity contribution in [3.05, 3.63) is 11.1 Å². The van der Waals surface area contributed by atoms with Crippen molar-refractivity contribution in [3.63, 3.8) is 0 Å². The van der Waals surface area contributed by atoms with E-state index in [0.29, 0.717) is 6.41 Å². The Bertz CT molecular complexity index is 512. The predicted molar refractivity (Wildman–Crippen MR) is 63.9 cm³/mol. The zero-order valence-electron chi connectivity index (χ0n) is 9.65. The Morgan fingerprint density at radius 3 is 2.95 bits per heavy atom. The summed E-state index contributed by atoms with van der Waals surface area (Å²) in [4.78, 5) is 40.3. The Balaban J connectivity index is 2.81. The fourth-order valence-corrected chi connectivity index (χ4v) is 1.56. The number of rotatable bonds is 7. The first-order chi connectivity index (χ1) is 9.08. The van der Waals surface area contributed by atoms with Gasteiger partial charge in [0.1, 0.15) is 5.69 Å². The van der Waals surface area contributed by atoms with Crippen LogP contribution in [0.1, 0.15) is 5.69 Å². The van der Waals surface area contributed by atoms with Crippen molar-refractivity contribution in [3.8, 4) is 0 Å². The maximum atomic E-state index is 11.0. The fraction of sp³-hybridized carbons (Fsp3) is 0.222. The number of carboxylic acid groups (broad SMARTS) is 1. The molecular weight excluding hydrogens is 278 g/mol. The minimum Gasteiger partial charge on any atom is -0.476 e. The molecule has 102 valence electrons. The summed E-state index contributed by atoms with van der Waals surface area (Å²) in [5.41, 5.74) is -0.481. The second kappa shape index (κ2) is 7.06. The lowest BCUT2D eigenvalue weighted by atomic mass is 10.3. The SMILES string of the molecule is COC(=O)CO/N=C(\C(=O)O)c1csc(NC=O)n1. The van der Waals surface area contributed by atoms with Gasteiger partial charge in [-0.1, -0.05) is 5.16 Å². The molecule has 0 saturated heterocycles. The molecule has 0 aliphatic carbocycles. The van der Waals surface area contributed by atoms with E-state index in [1.807, 2.05) is 0 Å². The summed E-state index contributed by atoms with van der Waals surface area (Å²) in [6.45, 7) is -0.517. The number of thiazole rings is 1. The number of anilines is 1. The van der Waals surface area contributed by atoms with Crippen molar-refractivity contribution < 1.29 is 29.1 Å². The van der Waals surface area contributed by atoms with Crippen LogP contribution in [0.25, 0.3) is 0 Å². The number of ether oxygens (including phenoxy) is 1. The van der Waals surface area contributed by atoms with Crippen LogP contribution in [0.3, 0.4) is 0 Å². The highest BCUT2D eigenvalue weighted by Gasteiger charge is 2.17. The van der Waals surface area contributed by atoms with E-state index in [-0.39, 0.29) is 10.8 Å². The highest BCUT2D eigenvalue weighted by atomic mass is 32.1. The first kappa shape index (κ1) is 14.6. The molecule has 0 aliphatic rings. The van der Waals surface area contributed by atoms with E-state index in [4.69, 9.17) is 5.11 Å². The van der Waals surface area contributed by atoms with Gasteiger partial charge >= 0.3 is 11.9 Å². The Kier molecular flexibility index (Phi) is 5.41. The third-order valence-electron chi connectivity index (χ3n) is 1.70. The summed E-state index contributed by atoms with van der Waals surface area (Å²) in [5, 5.41) is 16.1. The van der Waals surface area contributed by atoms with Crippen LogP contribution in [-0.4, -0.2) is 47.9 Å². The van der Waals surface area contributed by atoms with Gasteiger partial charge in [-0.3, -0.25) is 4.79 Å². The van der Waals surface area contributed by atoms with E-state index in [1.165, 1.54) is 5.38 Å². The molecule has 1 heterocycles. The summed E-state index contributed by atoms with van der Waals surface area (Å²) >= 11 is 1.02. The van der Waals surface area contributed by atoms with Gasteiger partial charge < -0.3 is 20.0 Å². The zero-order valence-corrected chi connectivity index (χ0v) is 10.5. The summed E-state index contributed by atoms with van der Waals surface area (Å²) in [6.07, 6.45) is 0.411. The van der Waals surface area contributed by atoms with Crippen LogP contribution in [0.2, 0.25) is 0 Å². The molecule has 1 aromatic rings. The number of nitrogens with one attached hydrogen (secondary N) is 1. The van der Waals surface area contributed by atoms with Gasteiger partial charge in [0.2, 0.25) is 18.7 Å². The number of methoxy groups -OCH3 is 1. The topological polar surface area (TPSA) is 127 Å². The van der Waals surface area contributed by atoms with Crippen LogP contribution in [0.4, 0.5) is 5.13 Å². The van der Waals surface area contributed by atoms with E-state index in [9.17, 15) is 14.4 Å². The minimum atomic E-state index is -1.38. The van der Waals surface area contributed by atoms with Gasteiger partial charge in [-0.05, 0) is 0 Å². The number of amides is 1. The van der Waals surface area contributed by atoms with Crippen molar-refractivity contribution in [1.29, 1.82) is 0 Å². The molecule has 0 unspecified atom stereocenters. The van der Waals surface area contributed by atoms with Crippen LogP contribution in [0.5, 0.6) is 0 Å². The second-order valence-electron chi connectivity index (χ2n) is 2.89. The van der Waals surface area contributed by atoms with Gasteiger partial charge in [-0.2, -0.15) is 0 Å². The predicted octanol–water partition coefficient (Wildman–Crippen LogP) is -0.310. The Labute approximate surface area is 110 Å². The highest BCUT2D eigenvalue weighted by Crippen LogP contribution is 2.15. The maximum Gasteiger partial charge on any atom is 0.360 e. The molecule has 0 aliphatic heterocycles. The van der Waals surface area contributed by atoms with Gasteiger partial charge in [-0.25, -0.2) is 14.6 Å². The summed E-state index contributed by atoms with van der Waals surface area (Å²) in [7, 11) is 1.16. The lowest BCUT2D eigenvalue weighted by Gasteiger charge is -1.99. The quantitative estimate of drug-likeness (QED) is 0.305. The average Bonchev–Trinajstić information content (AvgIpc) is 2.82. The molecule has 1 aromatic heterocycles. The zero-order chi connectivity index (χ0) is 14.3. The number of hydrogen-bond acceptors (Lipinski definition) is 8. The monoisotopic (exact) mass is 287 g/mol. The van der Waals surface area contributed by atoms with Crippen molar-refractivity contribution in [2.24, 2.45) is 5.16 Å². The van der Waals surface area contributed by atoms with E-state index < -0.39 is 24.3 Å². The van der Waals surface area contributed by atoms with E-state index in [0.717, 1.165) is 18.4 Å². The number of oxime groups is 1. The lowest BCUT2D eigenvalue weighted by molar-refractivity contribution is -0.146. The number of aliphatic carboxylic acids is 1. The first-order valence-electron chi connectivity index (χ1n) is 4.74. The van der Waals surface area contributed by atoms with E-state index >= 15 is 0 Å². The van der Waals surface area contributed by atoms with Crippen LogP contribution >= 0.6 is 11.3 Å². The number of nitrogens with zero attached hydrogens (tertiary/aromatic N) is 2. The second-order valence-corrected chi connectivity index (χ2v) is 3.75. The van der Waals surface area contributed by atoms with Crippen molar-refractivity contribution in [1.82, 2.24) is 4.98 Å². The molecule has 10 heteroatoms. The largest absolute Gasteiger partial charge is 0.476 e.